The second-order valence-electron chi connectivity index (χ2n) is 5.72. The zero-order valence-corrected chi connectivity index (χ0v) is 13.9. The molecule has 126 valence electrons. The van der Waals surface area contributed by atoms with Gasteiger partial charge in [-0.15, -0.1) is 0 Å². The smallest absolute Gasteiger partial charge is 0.409 e. The summed E-state index contributed by atoms with van der Waals surface area (Å²) in [6.45, 7) is 7.72. The van der Waals surface area contributed by atoms with E-state index < -0.39 is 0 Å². The van der Waals surface area contributed by atoms with Crippen molar-refractivity contribution < 1.29 is 14.3 Å². The summed E-state index contributed by atoms with van der Waals surface area (Å²) < 4.78 is 4.98. The lowest BCUT2D eigenvalue weighted by atomic mass is 10.1. The highest BCUT2D eigenvalue weighted by molar-refractivity contribution is 5.78. The number of hydrogen-bond donors (Lipinski definition) is 1. The van der Waals surface area contributed by atoms with Gasteiger partial charge in [0, 0.05) is 32.7 Å². The Kier molecular flexibility index (Phi) is 6.40. The van der Waals surface area contributed by atoms with Crippen molar-refractivity contribution in [3.8, 4) is 0 Å². The fourth-order valence-corrected chi connectivity index (χ4v) is 2.47. The largest absolute Gasteiger partial charge is 0.450 e. The molecule has 0 unspecified atom stereocenters. The molecule has 0 aliphatic carbocycles. The lowest BCUT2D eigenvalue weighted by Gasteiger charge is -2.33. The summed E-state index contributed by atoms with van der Waals surface area (Å²) in [4.78, 5) is 27.4. The molecular weight excluding hydrogens is 294 g/mol. The summed E-state index contributed by atoms with van der Waals surface area (Å²) in [5.74, 6) is 0.00941. The summed E-state index contributed by atoms with van der Waals surface area (Å²) in [5.41, 5.74) is 2.30. The Morgan fingerprint density at radius 3 is 2.39 bits per heavy atom. The number of nitrogens with zero attached hydrogens (tertiary/aromatic N) is 2. The van der Waals surface area contributed by atoms with Gasteiger partial charge in [-0.25, -0.2) is 4.79 Å². The van der Waals surface area contributed by atoms with Gasteiger partial charge >= 0.3 is 6.09 Å². The Morgan fingerprint density at radius 2 is 1.78 bits per heavy atom. The lowest BCUT2D eigenvalue weighted by Crippen LogP contribution is -2.51. The van der Waals surface area contributed by atoms with Gasteiger partial charge in [0.05, 0.1) is 13.2 Å². The van der Waals surface area contributed by atoms with E-state index in [9.17, 15) is 9.59 Å². The molecule has 1 heterocycles. The molecule has 1 saturated heterocycles. The highest BCUT2D eigenvalue weighted by Gasteiger charge is 2.22. The molecule has 0 spiro atoms. The molecule has 0 aromatic heterocycles. The Bertz CT molecular complexity index is 522. The maximum Gasteiger partial charge on any atom is 0.409 e. The third-order valence-corrected chi connectivity index (χ3v) is 3.88. The second-order valence-corrected chi connectivity index (χ2v) is 5.72. The number of carbonyl (C=O) groups is 2. The molecule has 2 rings (SSSR count). The monoisotopic (exact) mass is 319 g/mol. The van der Waals surface area contributed by atoms with Gasteiger partial charge in [-0.3, -0.25) is 9.69 Å². The van der Waals surface area contributed by atoms with Crippen molar-refractivity contribution in [3.63, 3.8) is 0 Å². The number of piperazine rings is 1. The minimum Gasteiger partial charge on any atom is -0.450 e. The molecule has 1 aromatic carbocycles. The Hall–Kier alpha value is -2.08. The number of rotatable bonds is 5. The number of aryl methyl sites for hydroxylation is 1. The second kappa shape index (κ2) is 8.53. The molecule has 0 radical (unpaired) electrons. The zero-order valence-electron chi connectivity index (χ0n) is 13.9. The van der Waals surface area contributed by atoms with Crippen LogP contribution in [0.2, 0.25) is 0 Å². The van der Waals surface area contributed by atoms with Crippen LogP contribution in [0.3, 0.4) is 0 Å². The summed E-state index contributed by atoms with van der Waals surface area (Å²) in [5, 5.41) is 2.93. The molecule has 1 fully saturated rings. The minimum absolute atomic E-state index is 0.00941. The van der Waals surface area contributed by atoms with Gasteiger partial charge in [0.1, 0.15) is 0 Å². The van der Waals surface area contributed by atoms with Crippen LogP contribution >= 0.6 is 0 Å². The van der Waals surface area contributed by atoms with Crippen molar-refractivity contribution in [2.75, 3.05) is 39.3 Å². The molecule has 0 bridgehead atoms. The first-order valence-corrected chi connectivity index (χ1v) is 8.04. The molecule has 0 atom stereocenters. The van der Waals surface area contributed by atoms with E-state index in [-0.39, 0.29) is 12.0 Å². The third-order valence-electron chi connectivity index (χ3n) is 3.88. The van der Waals surface area contributed by atoms with Crippen molar-refractivity contribution in [3.05, 3.63) is 35.4 Å². The van der Waals surface area contributed by atoms with Crippen LogP contribution in [0.15, 0.2) is 24.3 Å². The number of hydrogen-bond acceptors (Lipinski definition) is 4. The van der Waals surface area contributed by atoms with Gasteiger partial charge in [-0.1, -0.05) is 29.8 Å². The van der Waals surface area contributed by atoms with Gasteiger partial charge in [-0.05, 0) is 19.4 Å². The molecule has 0 saturated carbocycles. The predicted octanol–water partition coefficient (Wildman–Crippen LogP) is 1.39. The quantitative estimate of drug-likeness (QED) is 0.891. The van der Waals surface area contributed by atoms with Gasteiger partial charge in [0.25, 0.3) is 0 Å². The van der Waals surface area contributed by atoms with Crippen LogP contribution in [-0.2, 0) is 16.1 Å². The van der Waals surface area contributed by atoms with Crippen molar-refractivity contribution in [2.45, 2.75) is 20.4 Å². The Balaban J connectivity index is 1.68. The fourth-order valence-electron chi connectivity index (χ4n) is 2.47. The van der Waals surface area contributed by atoms with E-state index in [0.717, 1.165) is 5.56 Å². The Labute approximate surface area is 137 Å². The highest BCUT2D eigenvalue weighted by atomic mass is 16.6. The SMILES string of the molecule is CCOC(=O)N1CCN(CC(=O)NCc2ccc(C)cc2)CC1. The molecule has 1 aliphatic heterocycles. The van der Waals surface area contributed by atoms with Crippen LogP contribution in [0.4, 0.5) is 4.79 Å². The molecular formula is C17H25N3O3. The van der Waals surface area contributed by atoms with E-state index in [1.807, 2.05) is 31.2 Å². The van der Waals surface area contributed by atoms with E-state index in [0.29, 0.717) is 45.9 Å². The summed E-state index contributed by atoms with van der Waals surface area (Å²) >= 11 is 0. The maximum absolute atomic E-state index is 12.0. The Morgan fingerprint density at radius 1 is 1.13 bits per heavy atom. The third kappa shape index (κ3) is 5.56. The number of ether oxygens (including phenoxy) is 1. The lowest BCUT2D eigenvalue weighted by molar-refractivity contribution is -0.122. The predicted molar refractivity (Wildman–Crippen MR) is 88.1 cm³/mol. The summed E-state index contributed by atoms with van der Waals surface area (Å²) in [6, 6.07) is 8.12. The van der Waals surface area contributed by atoms with Crippen LogP contribution in [0.25, 0.3) is 0 Å². The van der Waals surface area contributed by atoms with E-state index in [1.165, 1.54) is 5.56 Å². The summed E-state index contributed by atoms with van der Waals surface area (Å²) in [6.07, 6.45) is -0.268. The first kappa shape index (κ1) is 17.3. The summed E-state index contributed by atoms with van der Waals surface area (Å²) in [7, 11) is 0. The number of carbonyl (C=O) groups excluding carboxylic acids is 2. The zero-order chi connectivity index (χ0) is 16.7. The molecule has 23 heavy (non-hydrogen) atoms. The van der Waals surface area contributed by atoms with E-state index in [1.54, 1.807) is 11.8 Å². The van der Waals surface area contributed by atoms with Crippen molar-refractivity contribution in [2.24, 2.45) is 0 Å². The van der Waals surface area contributed by atoms with Gasteiger partial charge in [-0.2, -0.15) is 0 Å². The van der Waals surface area contributed by atoms with Crippen molar-refractivity contribution >= 4 is 12.0 Å². The average molecular weight is 319 g/mol. The van der Waals surface area contributed by atoms with Crippen molar-refractivity contribution in [1.82, 2.24) is 15.1 Å². The van der Waals surface area contributed by atoms with Crippen LogP contribution < -0.4 is 5.32 Å². The number of nitrogens with one attached hydrogen (secondary N) is 1. The topological polar surface area (TPSA) is 61.9 Å². The molecule has 2 amide bonds. The number of benzene rings is 1. The molecule has 1 N–H and O–H groups in total. The van der Waals surface area contributed by atoms with Crippen LogP contribution in [0.1, 0.15) is 18.1 Å². The maximum atomic E-state index is 12.0. The molecule has 1 aliphatic rings. The van der Waals surface area contributed by atoms with E-state index in [4.69, 9.17) is 4.74 Å². The molecule has 6 nitrogen and oxygen atoms in total. The molecule has 6 heteroatoms. The normalized spacial score (nSPS) is 15.3. The molecule has 1 aromatic rings. The van der Waals surface area contributed by atoms with Crippen LogP contribution in [0, 0.1) is 6.92 Å². The number of amides is 2. The fraction of sp³-hybridized carbons (Fsp3) is 0.529. The van der Waals surface area contributed by atoms with E-state index >= 15 is 0 Å². The van der Waals surface area contributed by atoms with Gasteiger partial charge in [0.2, 0.25) is 5.91 Å². The van der Waals surface area contributed by atoms with Gasteiger partial charge in [0.15, 0.2) is 0 Å². The van der Waals surface area contributed by atoms with Gasteiger partial charge < -0.3 is 15.0 Å². The minimum atomic E-state index is -0.268. The van der Waals surface area contributed by atoms with Crippen LogP contribution in [-0.4, -0.2) is 61.1 Å². The van der Waals surface area contributed by atoms with Crippen molar-refractivity contribution in [1.29, 1.82) is 0 Å². The highest BCUT2D eigenvalue weighted by Crippen LogP contribution is 2.05. The average Bonchev–Trinajstić information content (AvgIpc) is 2.55. The first-order chi connectivity index (χ1) is 11.1. The van der Waals surface area contributed by atoms with Crippen LogP contribution in [0.5, 0.6) is 0 Å². The standard InChI is InChI=1S/C17H25N3O3/c1-3-23-17(22)20-10-8-19(9-11-20)13-16(21)18-12-15-6-4-14(2)5-7-15/h4-7H,3,8-13H2,1-2H3,(H,18,21). The van der Waals surface area contributed by atoms with E-state index in [2.05, 4.69) is 10.2 Å². The first-order valence-electron chi connectivity index (χ1n) is 8.04.